The van der Waals surface area contributed by atoms with Crippen LogP contribution in [0, 0.1) is 6.92 Å². The lowest BCUT2D eigenvalue weighted by atomic mass is 10.1. The van der Waals surface area contributed by atoms with Crippen LogP contribution in [-0.4, -0.2) is 34.6 Å². The minimum Gasteiger partial charge on any atom is -0.363 e. The van der Waals surface area contributed by atoms with Gasteiger partial charge in [0.1, 0.15) is 12.3 Å². The van der Waals surface area contributed by atoms with Gasteiger partial charge in [0.15, 0.2) is 5.82 Å². The average molecular weight is 314 g/mol. The summed E-state index contributed by atoms with van der Waals surface area (Å²) in [7, 11) is 0. The van der Waals surface area contributed by atoms with Crippen molar-refractivity contribution in [3.63, 3.8) is 0 Å². The summed E-state index contributed by atoms with van der Waals surface area (Å²) in [6, 6.07) is 8.64. The molecule has 0 spiro atoms. The molecule has 2 heterocycles. The number of aromatic nitrogens is 1. The first-order chi connectivity index (χ1) is 11.1. The lowest BCUT2D eigenvalue weighted by Crippen LogP contribution is -2.43. The molecule has 1 saturated heterocycles. The molecule has 0 saturated carbocycles. The Hall–Kier alpha value is -2.83. The average Bonchev–Trinajstić information content (AvgIpc) is 3.14. The number of carbonyl (C=O) groups excluding carboxylic acids is 2. The summed E-state index contributed by atoms with van der Waals surface area (Å²) in [6.45, 7) is 3.21. The number of rotatable bonds is 4. The molecule has 7 heteroatoms. The normalized spacial score (nSPS) is 17.3. The number of hydrogen-bond donors (Lipinski definition) is 2. The lowest BCUT2D eigenvalue weighted by molar-refractivity contribution is -0.129. The molecule has 3 rings (SSSR count). The van der Waals surface area contributed by atoms with Crippen molar-refractivity contribution in [1.29, 1.82) is 0 Å². The second-order valence-electron chi connectivity index (χ2n) is 5.57. The molecule has 0 radical (unpaired) electrons. The highest BCUT2D eigenvalue weighted by atomic mass is 16.5. The molecule has 0 unspecified atom stereocenters. The largest absolute Gasteiger partial charge is 0.363 e. The molecule has 23 heavy (non-hydrogen) atoms. The number of urea groups is 1. The van der Waals surface area contributed by atoms with Crippen molar-refractivity contribution in [2.75, 3.05) is 11.9 Å². The van der Waals surface area contributed by atoms with Crippen LogP contribution in [0.25, 0.3) is 0 Å². The summed E-state index contributed by atoms with van der Waals surface area (Å²) in [5.74, 6) is 0.241. The molecular weight excluding hydrogens is 296 g/mol. The Bertz CT molecular complexity index is 682. The minimum absolute atomic E-state index is 0.0686. The number of nitrogens with one attached hydrogen (secondary N) is 2. The highest BCUT2D eigenvalue weighted by Gasteiger charge is 2.32. The zero-order chi connectivity index (χ0) is 16.2. The van der Waals surface area contributed by atoms with Gasteiger partial charge in [-0.3, -0.25) is 10.1 Å². The van der Waals surface area contributed by atoms with E-state index in [0.717, 1.165) is 5.56 Å². The molecule has 1 atom stereocenters. The van der Waals surface area contributed by atoms with Crippen LogP contribution < -0.4 is 10.6 Å². The summed E-state index contributed by atoms with van der Waals surface area (Å²) in [4.78, 5) is 26.0. The van der Waals surface area contributed by atoms with E-state index in [9.17, 15) is 9.59 Å². The van der Waals surface area contributed by atoms with Crippen LogP contribution in [0.4, 0.5) is 10.6 Å². The predicted octanol–water partition coefficient (Wildman–Crippen LogP) is 1.91. The third kappa shape index (κ3) is 3.68. The Morgan fingerprint density at radius 2 is 2.13 bits per heavy atom. The Morgan fingerprint density at radius 1 is 1.35 bits per heavy atom. The van der Waals surface area contributed by atoms with Gasteiger partial charge in [-0.15, -0.1) is 0 Å². The maximum absolute atomic E-state index is 12.4. The molecule has 0 aliphatic carbocycles. The van der Waals surface area contributed by atoms with E-state index in [1.54, 1.807) is 4.90 Å². The molecule has 1 aromatic heterocycles. The number of nitrogens with zero attached hydrogens (tertiary/aromatic N) is 2. The van der Waals surface area contributed by atoms with Crippen molar-refractivity contribution >= 4 is 17.8 Å². The van der Waals surface area contributed by atoms with Gasteiger partial charge in [0.25, 0.3) is 0 Å². The number of amides is 3. The Labute approximate surface area is 133 Å². The second-order valence-corrected chi connectivity index (χ2v) is 5.57. The van der Waals surface area contributed by atoms with Crippen LogP contribution in [0.3, 0.4) is 0 Å². The van der Waals surface area contributed by atoms with Gasteiger partial charge in [-0.2, -0.15) is 0 Å². The molecular formula is C16H18N4O3. The van der Waals surface area contributed by atoms with Crippen LogP contribution in [0.5, 0.6) is 0 Å². The quantitative estimate of drug-likeness (QED) is 0.902. The van der Waals surface area contributed by atoms with Gasteiger partial charge in [0, 0.05) is 19.2 Å². The highest BCUT2D eigenvalue weighted by Crippen LogP contribution is 2.16. The van der Waals surface area contributed by atoms with Gasteiger partial charge in [-0.1, -0.05) is 35.0 Å². The van der Waals surface area contributed by atoms with Gasteiger partial charge < -0.3 is 14.7 Å². The summed E-state index contributed by atoms with van der Waals surface area (Å²) in [5.41, 5.74) is 2.27. The first-order valence-corrected chi connectivity index (χ1v) is 7.44. The summed E-state index contributed by atoms with van der Waals surface area (Å²) < 4.78 is 4.63. The van der Waals surface area contributed by atoms with Gasteiger partial charge in [-0.25, -0.2) is 4.79 Å². The zero-order valence-corrected chi connectivity index (χ0v) is 12.8. The second kappa shape index (κ2) is 6.51. The number of carbonyl (C=O) groups is 2. The zero-order valence-electron chi connectivity index (χ0n) is 12.8. The highest BCUT2D eigenvalue weighted by molar-refractivity contribution is 5.93. The standard InChI is InChI=1S/C16H18N4O3/c1-11-2-4-12(5-3-11)10-20-8-6-13(15(20)21)17-16(22)18-14-7-9-23-19-14/h2-5,7,9,13H,6,8,10H2,1H3,(H2,17,18,19,22)/t13-/m0/s1. The van der Waals surface area contributed by atoms with Crippen molar-refractivity contribution in [2.24, 2.45) is 0 Å². The van der Waals surface area contributed by atoms with Crippen LogP contribution in [-0.2, 0) is 11.3 Å². The van der Waals surface area contributed by atoms with Crippen molar-refractivity contribution in [3.05, 3.63) is 47.7 Å². The van der Waals surface area contributed by atoms with Crippen molar-refractivity contribution in [1.82, 2.24) is 15.4 Å². The van der Waals surface area contributed by atoms with Crippen LogP contribution in [0.2, 0.25) is 0 Å². The van der Waals surface area contributed by atoms with Crippen LogP contribution in [0.1, 0.15) is 17.5 Å². The molecule has 3 amide bonds. The van der Waals surface area contributed by atoms with E-state index < -0.39 is 12.1 Å². The molecule has 7 nitrogen and oxygen atoms in total. The van der Waals surface area contributed by atoms with E-state index in [2.05, 4.69) is 20.3 Å². The van der Waals surface area contributed by atoms with E-state index in [-0.39, 0.29) is 5.91 Å². The third-order valence-electron chi connectivity index (χ3n) is 3.78. The summed E-state index contributed by atoms with van der Waals surface area (Å²) in [6.07, 6.45) is 1.95. The van der Waals surface area contributed by atoms with Crippen molar-refractivity contribution < 1.29 is 14.1 Å². The summed E-state index contributed by atoms with van der Waals surface area (Å²) >= 11 is 0. The minimum atomic E-state index is -0.507. The molecule has 1 aromatic carbocycles. The summed E-state index contributed by atoms with van der Waals surface area (Å²) in [5, 5.41) is 8.77. The SMILES string of the molecule is Cc1ccc(CN2CC[C@H](NC(=O)Nc3ccon3)C2=O)cc1. The number of hydrogen-bond acceptors (Lipinski definition) is 4. The van der Waals surface area contributed by atoms with E-state index in [1.165, 1.54) is 17.9 Å². The molecule has 1 aliphatic heterocycles. The molecule has 1 fully saturated rings. The van der Waals surface area contributed by atoms with Crippen molar-refractivity contribution in [3.8, 4) is 0 Å². The molecule has 2 N–H and O–H groups in total. The Morgan fingerprint density at radius 3 is 2.83 bits per heavy atom. The van der Waals surface area contributed by atoms with E-state index >= 15 is 0 Å². The molecule has 120 valence electrons. The number of benzene rings is 1. The first-order valence-electron chi connectivity index (χ1n) is 7.44. The van der Waals surface area contributed by atoms with E-state index in [1.807, 2.05) is 31.2 Å². The fourth-order valence-corrected chi connectivity index (χ4v) is 2.53. The maximum atomic E-state index is 12.4. The van der Waals surface area contributed by atoms with Gasteiger partial charge in [0.05, 0.1) is 0 Å². The van der Waals surface area contributed by atoms with Crippen molar-refractivity contribution in [2.45, 2.75) is 25.9 Å². The monoisotopic (exact) mass is 314 g/mol. The van der Waals surface area contributed by atoms with Crippen LogP contribution >= 0.6 is 0 Å². The van der Waals surface area contributed by atoms with E-state index in [4.69, 9.17) is 0 Å². The topological polar surface area (TPSA) is 87.5 Å². The fraction of sp³-hybridized carbons (Fsp3) is 0.312. The third-order valence-corrected chi connectivity index (χ3v) is 3.78. The van der Waals surface area contributed by atoms with Gasteiger partial charge in [-0.05, 0) is 18.9 Å². The molecule has 0 bridgehead atoms. The number of likely N-dealkylation sites (tertiary alicyclic amines) is 1. The predicted molar refractivity (Wildman–Crippen MR) is 83.7 cm³/mol. The van der Waals surface area contributed by atoms with E-state index in [0.29, 0.717) is 25.3 Å². The molecule has 2 aromatic rings. The van der Waals surface area contributed by atoms with Gasteiger partial charge in [0.2, 0.25) is 5.91 Å². The molecule has 1 aliphatic rings. The number of aryl methyl sites for hydroxylation is 1. The fourth-order valence-electron chi connectivity index (χ4n) is 2.53. The Kier molecular flexibility index (Phi) is 4.27. The van der Waals surface area contributed by atoms with Gasteiger partial charge >= 0.3 is 6.03 Å². The van der Waals surface area contributed by atoms with Crippen LogP contribution in [0.15, 0.2) is 41.1 Å². The lowest BCUT2D eigenvalue weighted by Gasteiger charge is -2.17. The first kappa shape index (κ1) is 15.1. The maximum Gasteiger partial charge on any atom is 0.321 e. The number of anilines is 1. The Balaban J connectivity index is 1.54. The smallest absolute Gasteiger partial charge is 0.321 e.